The molecule has 0 aromatic carbocycles. The summed E-state index contributed by atoms with van der Waals surface area (Å²) in [4.78, 5) is 15.1. The largest absolute Gasteiger partial charge is 0.341 e. The molecule has 1 aromatic heterocycles. The lowest BCUT2D eigenvalue weighted by Gasteiger charge is -2.18. The van der Waals surface area contributed by atoms with Gasteiger partial charge in [0, 0.05) is 18.3 Å². The summed E-state index contributed by atoms with van der Waals surface area (Å²) in [5.41, 5.74) is 0. The minimum Gasteiger partial charge on any atom is -0.341 e. The lowest BCUT2D eigenvalue weighted by molar-refractivity contribution is -0.131. The Kier molecular flexibility index (Phi) is 4.59. The van der Waals surface area contributed by atoms with Gasteiger partial charge in [-0.05, 0) is 53.5 Å². The third-order valence-corrected chi connectivity index (χ3v) is 4.68. The second kappa shape index (κ2) is 5.98. The van der Waals surface area contributed by atoms with E-state index in [0.29, 0.717) is 12.3 Å². The first-order valence-electron chi connectivity index (χ1n) is 5.84. The molecule has 0 bridgehead atoms. The van der Waals surface area contributed by atoms with E-state index in [1.807, 2.05) is 18.0 Å². The zero-order valence-corrected chi connectivity index (χ0v) is 12.3. The Bertz CT molecular complexity index is 388. The van der Waals surface area contributed by atoms with Crippen molar-refractivity contribution >= 4 is 33.2 Å². The molecule has 1 fully saturated rings. The fourth-order valence-electron chi connectivity index (χ4n) is 2.05. The van der Waals surface area contributed by atoms with E-state index < -0.39 is 0 Å². The summed E-state index contributed by atoms with van der Waals surface area (Å²) in [6, 6.07) is 4.09. The summed E-state index contributed by atoms with van der Waals surface area (Å²) in [5.74, 6) is 0.781. The molecule has 1 aliphatic rings. The smallest absolute Gasteiger partial charge is 0.222 e. The van der Waals surface area contributed by atoms with E-state index >= 15 is 0 Å². The highest BCUT2D eigenvalue weighted by Crippen LogP contribution is 2.23. The Morgan fingerprint density at radius 1 is 1.65 bits per heavy atom. The SMILES string of the molecule is CN(Cc1ccc(Br)s1)C(=O)CC1CCNC1. The highest BCUT2D eigenvalue weighted by molar-refractivity contribution is 9.11. The monoisotopic (exact) mass is 316 g/mol. The maximum atomic E-state index is 12.0. The maximum absolute atomic E-state index is 12.0. The van der Waals surface area contributed by atoms with Gasteiger partial charge in [0.25, 0.3) is 0 Å². The van der Waals surface area contributed by atoms with E-state index in [1.165, 1.54) is 4.88 Å². The molecule has 17 heavy (non-hydrogen) atoms. The number of amides is 1. The fraction of sp³-hybridized carbons (Fsp3) is 0.583. The third kappa shape index (κ3) is 3.79. The molecular formula is C12H17BrN2OS. The van der Waals surface area contributed by atoms with Crippen molar-refractivity contribution in [2.24, 2.45) is 5.92 Å². The van der Waals surface area contributed by atoms with E-state index in [4.69, 9.17) is 0 Å². The summed E-state index contributed by atoms with van der Waals surface area (Å²) >= 11 is 5.12. The van der Waals surface area contributed by atoms with Crippen LogP contribution in [0.3, 0.4) is 0 Å². The van der Waals surface area contributed by atoms with Gasteiger partial charge < -0.3 is 10.2 Å². The minimum absolute atomic E-state index is 0.253. The molecule has 5 heteroatoms. The Balaban J connectivity index is 1.82. The van der Waals surface area contributed by atoms with Gasteiger partial charge in [0.15, 0.2) is 0 Å². The number of thiophene rings is 1. The molecule has 94 valence electrons. The van der Waals surface area contributed by atoms with Gasteiger partial charge >= 0.3 is 0 Å². The number of carbonyl (C=O) groups is 1. The molecule has 2 rings (SSSR count). The lowest BCUT2D eigenvalue weighted by atomic mass is 10.0. The normalized spacial score (nSPS) is 19.5. The van der Waals surface area contributed by atoms with E-state index in [0.717, 1.165) is 29.8 Å². The molecule has 0 saturated carbocycles. The summed E-state index contributed by atoms with van der Waals surface area (Å²) in [5, 5.41) is 3.29. The quantitative estimate of drug-likeness (QED) is 0.925. The predicted molar refractivity (Wildman–Crippen MR) is 74.1 cm³/mol. The van der Waals surface area contributed by atoms with Gasteiger partial charge in [0.1, 0.15) is 0 Å². The summed E-state index contributed by atoms with van der Waals surface area (Å²) in [7, 11) is 1.89. The molecule has 2 heterocycles. The van der Waals surface area contributed by atoms with Gasteiger partial charge in [-0.15, -0.1) is 11.3 Å². The van der Waals surface area contributed by atoms with Crippen LogP contribution in [0.5, 0.6) is 0 Å². The van der Waals surface area contributed by atoms with Crippen LogP contribution in [0.25, 0.3) is 0 Å². The summed E-state index contributed by atoms with van der Waals surface area (Å²) in [6.45, 7) is 2.76. The predicted octanol–water partition coefficient (Wildman–Crippen LogP) is 2.47. The minimum atomic E-state index is 0.253. The zero-order valence-electron chi connectivity index (χ0n) is 9.91. The van der Waals surface area contributed by atoms with E-state index in [2.05, 4.69) is 27.3 Å². The first-order chi connectivity index (χ1) is 8.15. The first kappa shape index (κ1) is 13.1. The van der Waals surface area contributed by atoms with Crippen LogP contribution in [-0.2, 0) is 11.3 Å². The van der Waals surface area contributed by atoms with Gasteiger partial charge in [-0.1, -0.05) is 0 Å². The molecule has 0 spiro atoms. The molecular weight excluding hydrogens is 300 g/mol. The molecule has 1 atom stereocenters. The van der Waals surface area contributed by atoms with Crippen molar-refractivity contribution in [3.05, 3.63) is 20.8 Å². The average molecular weight is 317 g/mol. The van der Waals surface area contributed by atoms with E-state index in [9.17, 15) is 4.79 Å². The number of nitrogens with zero attached hydrogens (tertiary/aromatic N) is 1. The van der Waals surface area contributed by atoms with E-state index in [1.54, 1.807) is 11.3 Å². The van der Waals surface area contributed by atoms with Gasteiger partial charge in [-0.2, -0.15) is 0 Å². The van der Waals surface area contributed by atoms with E-state index in [-0.39, 0.29) is 5.91 Å². The Hall–Kier alpha value is -0.390. The van der Waals surface area contributed by atoms with Gasteiger partial charge in [-0.25, -0.2) is 0 Å². The van der Waals surface area contributed by atoms with Crippen molar-refractivity contribution < 1.29 is 4.79 Å². The number of halogens is 1. The molecule has 1 aromatic rings. The Morgan fingerprint density at radius 3 is 3.06 bits per heavy atom. The van der Waals surface area contributed by atoms with Crippen LogP contribution in [-0.4, -0.2) is 30.9 Å². The molecule has 1 N–H and O–H groups in total. The highest BCUT2D eigenvalue weighted by atomic mass is 79.9. The van der Waals surface area contributed by atoms with Gasteiger partial charge in [-0.3, -0.25) is 4.79 Å². The van der Waals surface area contributed by atoms with Crippen LogP contribution < -0.4 is 5.32 Å². The van der Waals surface area contributed by atoms with Crippen molar-refractivity contribution in [1.82, 2.24) is 10.2 Å². The highest BCUT2D eigenvalue weighted by Gasteiger charge is 2.20. The number of hydrogen-bond acceptors (Lipinski definition) is 3. The third-order valence-electron chi connectivity index (χ3n) is 3.07. The Labute approximate surface area is 114 Å². The van der Waals surface area contributed by atoms with Crippen molar-refractivity contribution in [3.8, 4) is 0 Å². The zero-order chi connectivity index (χ0) is 12.3. The molecule has 0 aliphatic carbocycles. The molecule has 0 radical (unpaired) electrons. The fourth-order valence-corrected chi connectivity index (χ4v) is 3.59. The number of nitrogens with one attached hydrogen (secondary N) is 1. The molecule has 3 nitrogen and oxygen atoms in total. The second-order valence-electron chi connectivity index (χ2n) is 4.52. The standard InChI is InChI=1S/C12H17BrN2OS/c1-15(8-10-2-3-11(13)17-10)12(16)6-9-4-5-14-7-9/h2-3,9,14H,4-8H2,1H3. The van der Waals surface area contributed by atoms with Crippen LogP contribution in [0.4, 0.5) is 0 Å². The van der Waals surface area contributed by atoms with Crippen molar-refractivity contribution in [3.63, 3.8) is 0 Å². The second-order valence-corrected chi connectivity index (χ2v) is 7.07. The Morgan fingerprint density at radius 2 is 2.47 bits per heavy atom. The molecule has 1 unspecified atom stereocenters. The van der Waals surface area contributed by atoms with Crippen molar-refractivity contribution in [2.45, 2.75) is 19.4 Å². The number of rotatable bonds is 4. The van der Waals surface area contributed by atoms with Crippen LogP contribution in [0.15, 0.2) is 15.9 Å². The maximum Gasteiger partial charge on any atom is 0.222 e. The van der Waals surface area contributed by atoms with Crippen LogP contribution >= 0.6 is 27.3 Å². The summed E-state index contributed by atoms with van der Waals surface area (Å²) in [6.07, 6.45) is 1.81. The lowest BCUT2D eigenvalue weighted by Crippen LogP contribution is -2.28. The van der Waals surface area contributed by atoms with Crippen molar-refractivity contribution in [2.75, 3.05) is 20.1 Å². The van der Waals surface area contributed by atoms with Gasteiger partial charge in [0.2, 0.25) is 5.91 Å². The molecule has 1 saturated heterocycles. The van der Waals surface area contributed by atoms with Crippen molar-refractivity contribution in [1.29, 1.82) is 0 Å². The topological polar surface area (TPSA) is 32.3 Å². The molecule has 1 aliphatic heterocycles. The van der Waals surface area contributed by atoms with Crippen LogP contribution in [0.2, 0.25) is 0 Å². The average Bonchev–Trinajstić information content (AvgIpc) is 2.90. The number of hydrogen-bond donors (Lipinski definition) is 1. The van der Waals surface area contributed by atoms with Crippen LogP contribution in [0, 0.1) is 5.92 Å². The summed E-state index contributed by atoms with van der Waals surface area (Å²) < 4.78 is 1.12. The van der Waals surface area contributed by atoms with Gasteiger partial charge in [0.05, 0.1) is 10.3 Å². The number of carbonyl (C=O) groups excluding carboxylic acids is 1. The van der Waals surface area contributed by atoms with Crippen LogP contribution in [0.1, 0.15) is 17.7 Å². The first-order valence-corrected chi connectivity index (χ1v) is 7.45. The molecule has 1 amide bonds.